The summed E-state index contributed by atoms with van der Waals surface area (Å²) in [5.41, 5.74) is 6.38. The van der Waals surface area contributed by atoms with Gasteiger partial charge in [0.2, 0.25) is 0 Å². The van der Waals surface area contributed by atoms with Gasteiger partial charge >= 0.3 is 6.18 Å². The summed E-state index contributed by atoms with van der Waals surface area (Å²) in [5.74, 6) is 0.665. The molecule has 2 N–H and O–H groups in total. The zero-order chi connectivity index (χ0) is 14.0. The van der Waals surface area contributed by atoms with Crippen LogP contribution in [0.1, 0.15) is 30.9 Å². The minimum atomic E-state index is -4.30. The van der Waals surface area contributed by atoms with Crippen molar-refractivity contribution >= 4 is 5.69 Å². The van der Waals surface area contributed by atoms with Gasteiger partial charge in [0, 0.05) is 25.3 Å². The first-order valence-corrected chi connectivity index (χ1v) is 6.60. The maximum atomic E-state index is 12.6. The normalized spacial score (nSPS) is 16.6. The number of hydrogen-bond donors (Lipinski definition) is 1. The first-order chi connectivity index (χ1) is 8.95. The lowest BCUT2D eigenvalue weighted by Crippen LogP contribution is -2.47. The van der Waals surface area contributed by atoms with E-state index in [0.717, 1.165) is 31.3 Å². The molecular weight excluding hydrogens is 253 g/mol. The fourth-order valence-corrected chi connectivity index (χ4v) is 2.59. The third-order valence-electron chi connectivity index (χ3n) is 3.62. The molecule has 2 rings (SSSR count). The van der Waals surface area contributed by atoms with Crippen LogP contribution < -0.4 is 10.6 Å². The van der Waals surface area contributed by atoms with Crippen LogP contribution in [-0.2, 0) is 12.7 Å². The van der Waals surface area contributed by atoms with Crippen molar-refractivity contribution in [1.82, 2.24) is 0 Å². The second-order valence-corrected chi connectivity index (χ2v) is 5.11. The minimum absolute atomic E-state index is 0.133. The van der Waals surface area contributed by atoms with E-state index in [4.69, 9.17) is 5.73 Å². The summed E-state index contributed by atoms with van der Waals surface area (Å²) < 4.78 is 37.9. The minimum Gasteiger partial charge on any atom is -0.371 e. The number of alkyl halides is 3. The first kappa shape index (κ1) is 14.2. The Bertz CT molecular complexity index is 437. The van der Waals surface area contributed by atoms with Gasteiger partial charge in [-0.05, 0) is 36.1 Å². The maximum absolute atomic E-state index is 12.6. The summed E-state index contributed by atoms with van der Waals surface area (Å²) >= 11 is 0. The van der Waals surface area contributed by atoms with Crippen molar-refractivity contribution in [1.29, 1.82) is 0 Å². The predicted octanol–water partition coefficient (Wildman–Crippen LogP) is 3.40. The molecule has 1 saturated heterocycles. The van der Waals surface area contributed by atoms with Crippen LogP contribution in [0.25, 0.3) is 0 Å². The molecule has 0 aromatic heterocycles. The lowest BCUT2D eigenvalue weighted by molar-refractivity contribution is -0.137. The molecule has 0 saturated carbocycles. The van der Waals surface area contributed by atoms with E-state index in [9.17, 15) is 13.2 Å². The molecule has 0 atom stereocenters. The standard InChI is InChI=1S/C14H19F3N2/c1-2-3-10-8-19(9-10)13-5-4-12(14(15,16)17)6-11(13)7-18/h4-6,10H,2-3,7-9,18H2,1H3. The molecule has 0 aliphatic carbocycles. The zero-order valence-electron chi connectivity index (χ0n) is 11.0. The van der Waals surface area contributed by atoms with Crippen molar-refractivity contribution < 1.29 is 13.2 Å². The average Bonchev–Trinajstić information content (AvgIpc) is 2.31. The molecule has 1 aliphatic rings. The van der Waals surface area contributed by atoms with Gasteiger partial charge in [-0.3, -0.25) is 0 Å². The molecule has 1 aliphatic heterocycles. The summed E-state index contributed by atoms with van der Waals surface area (Å²) in [7, 11) is 0. The van der Waals surface area contributed by atoms with Gasteiger partial charge in [-0.2, -0.15) is 13.2 Å². The summed E-state index contributed by atoms with van der Waals surface area (Å²) in [6.45, 7) is 4.12. The average molecular weight is 272 g/mol. The van der Waals surface area contributed by atoms with Gasteiger partial charge in [-0.1, -0.05) is 13.3 Å². The van der Waals surface area contributed by atoms with E-state index in [1.807, 2.05) is 0 Å². The van der Waals surface area contributed by atoms with E-state index in [2.05, 4.69) is 11.8 Å². The van der Waals surface area contributed by atoms with Gasteiger partial charge in [-0.15, -0.1) is 0 Å². The summed E-state index contributed by atoms with van der Waals surface area (Å²) in [4.78, 5) is 2.11. The molecule has 0 bridgehead atoms. The van der Waals surface area contributed by atoms with Crippen LogP contribution in [0.5, 0.6) is 0 Å². The first-order valence-electron chi connectivity index (χ1n) is 6.60. The van der Waals surface area contributed by atoms with Crippen LogP contribution in [0.3, 0.4) is 0 Å². The number of benzene rings is 1. The monoisotopic (exact) mass is 272 g/mol. The van der Waals surface area contributed by atoms with Crippen molar-refractivity contribution in [2.24, 2.45) is 11.7 Å². The largest absolute Gasteiger partial charge is 0.416 e. The lowest BCUT2D eigenvalue weighted by Gasteiger charge is -2.42. The molecule has 1 aromatic carbocycles. The number of rotatable bonds is 4. The van der Waals surface area contributed by atoms with Crippen LogP contribution in [0.2, 0.25) is 0 Å². The molecule has 0 radical (unpaired) electrons. The van der Waals surface area contributed by atoms with E-state index in [1.54, 1.807) is 6.07 Å². The zero-order valence-corrected chi connectivity index (χ0v) is 11.0. The number of anilines is 1. The van der Waals surface area contributed by atoms with Crippen molar-refractivity contribution in [2.75, 3.05) is 18.0 Å². The number of nitrogens with zero attached hydrogens (tertiary/aromatic N) is 1. The molecule has 0 spiro atoms. The van der Waals surface area contributed by atoms with Gasteiger partial charge in [0.15, 0.2) is 0 Å². The highest BCUT2D eigenvalue weighted by Gasteiger charge is 2.32. The second kappa shape index (κ2) is 5.41. The summed E-state index contributed by atoms with van der Waals surface area (Å²) in [6.07, 6.45) is -1.98. The van der Waals surface area contributed by atoms with Crippen LogP contribution in [-0.4, -0.2) is 13.1 Å². The van der Waals surface area contributed by atoms with Gasteiger partial charge in [0.25, 0.3) is 0 Å². The van der Waals surface area contributed by atoms with E-state index in [1.165, 1.54) is 12.5 Å². The maximum Gasteiger partial charge on any atom is 0.416 e. The van der Waals surface area contributed by atoms with Gasteiger partial charge in [0.05, 0.1) is 5.56 Å². The Kier molecular flexibility index (Phi) is 4.04. The molecule has 1 fully saturated rings. The van der Waals surface area contributed by atoms with E-state index in [-0.39, 0.29) is 6.54 Å². The Balaban J connectivity index is 2.14. The highest BCUT2D eigenvalue weighted by atomic mass is 19.4. The van der Waals surface area contributed by atoms with Crippen LogP contribution in [0.15, 0.2) is 18.2 Å². The quantitative estimate of drug-likeness (QED) is 0.910. The van der Waals surface area contributed by atoms with Crippen molar-refractivity contribution in [3.8, 4) is 0 Å². The SMILES string of the molecule is CCCC1CN(c2ccc(C(F)(F)F)cc2CN)C1. The van der Waals surface area contributed by atoms with Crippen LogP contribution in [0, 0.1) is 5.92 Å². The second-order valence-electron chi connectivity index (χ2n) is 5.11. The fraction of sp³-hybridized carbons (Fsp3) is 0.571. The fourth-order valence-electron chi connectivity index (χ4n) is 2.59. The van der Waals surface area contributed by atoms with Crippen molar-refractivity contribution in [3.05, 3.63) is 29.3 Å². The Hall–Kier alpha value is -1.23. The summed E-state index contributed by atoms with van der Waals surface area (Å²) in [5, 5.41) is 0. The van der Waals surface area contributed by atoms with Crippen LogP contribution >= 0.6 is 0 Å². The Morgan fingerprint density at radius 1 is 1.32 bits per heavy atom. The highest BCUT2D eigenvalue weighted by molar-refractivity contribution is 5.57. The van der Waals surface area contributed by atoms with Crippen molar-refractivity contribution in [3.63, 3.8) is 0 Å². The molecule has 19 heavy (non-hydrogen) atoms. The molecule has 0 unspecified atom stereocenters. The molecule has 0 amide bonds. The van der Waals surface area contributed by atoms with Gasteiger partial charge in [0.1, 0.15) is 0 Å². The van der Waals surface area contributed by atoms with Crippen molar-refractivity contribution in [2.45, 2.75) is 32.5 Å². The topological polar surface area (TPSA) is 29.3 Å². The van der Waals surface area contributed by atoms with E-state index in [0.29, 0.717) is 11.5 Å². The molecule has 106 valence electrons. The Morgan fingerprint density at radius 3 is 2.53 bits per heavy atom. The Labute approximate surface area is 111 Å². The molecule has 1 heterocycles. The lowest BCUT2D eigenvalue weighted by atomic mass is 9.93. The van der Waals surface area contributed by atoms with Gasteiger partial charge in [-0.25, -0.2) is 0 Å². The summed E-state index contributed by atoms with van der Waals surface area (Å²) in [6, 6.07) is 3.86. The molecule has 1 aromatic rings. The Morgan fingerprint density at radius 2 is 2.00 bits per heavy atom. The predicted molar refractivity (Wildman–Crippen MR) is 69.9 cm³/mol. The smallest absolute Gasteiger partial charge is 0.371 e. The number of nitrogens with two attached hydrogens (primary N) is 1. The van der Waals surface area contributed by atoms with E-state index < -0.39 is 11.7 Å². The third-order valence-corrected chi connectivity index (χ3v) is 3.62. The number of hydrogen-bond acceptors (Lipinski definition) is 2. The van der Waals surface area contributed by atoms with Gasteiger partial charge < -0.3 is 10.6 Å². The number of halogens is 3. The molecular formula is C14H19F3N2. The van der Waals surface area contributed by atoms with Crippen LogP contribution in [0.4, 0.5) is 18.9 Å². The third kappa shape index (κ3) is 3.03. The molecule has 5 heteroatoms. The molecule has 2 nitrogen and oxygen atoms in total. The highest BCUT2D eigenvalue weighted by Crippen LogP contribution is 2.35. The van der Waals surface area contributed by atoms with E-state index >= 15 is 0 Å².